The molecule has 3 rings (SSSR count). The van der Waals surface area contributed by atoms with Gasteiger partial charge in [0.2, 0.25) is 0 Å². The number of rotatable bonds is 4. The molecule has 0 bridgehead atoms. The predicted octanol–water partition coefficient (Wildman–Crippen LogP) is 3.61. The molecule has 144 valence electrons. The van der Waals surface area contributed by atoms with Crippen molar-refractivity contribution in [3.63, 3.8) is 0 Å². The van der Waals surface area contributed by atoms with Gasteiger partial charge in [0.05, 0.1) is 6.61 Å². The Morgan fingerprint density at radius 1 is 1.15 bits per heavy atom. The first kappa shape index (κ1) is 19.2. The molecule has 0 unspecified atom stereocenters. The molecule has 0 saturated carbocycles. The molecule has 0 aromatic heterocycles. The molecule has 0 aliphatic carbocycles. The van der Waals surface area contributed by atoms with Crippen molar-refractivity contribution >= 4 is 11.7 Å². The number of urea groups is 1. The van der Waals surface area contributed by atoms with Crippen molar-refractivity contribution in [2.24, 2.45) is 5.92 Å². The van der Waals surface area contributed by atoms with Crippen LogP contribution in [-0.4, -0.2) is 49.8 Å². The highest BCUT2D eigenvalue weighted by Gasteiger charge is 2.27. The van der Waals surface area contributed by atoms with Gasteiger partial charge in [-0.05, 0) is 61.4 Å². The number of hydrogen-bond acceptors (Lipinski definition) is 3. The van der Waals surface area contributed by atoms with E-state index in [1.54, 1.807) is 0 Å². The van der Waals surface area contributed by atoms with Gasteiger partial charge in [0.1, 0.15) is 0 Å². The Morgan fingerprint density at radius 3 is 2.42 bits per heavy atom. The Balaban J connectivity index is 1.38. The molecule has 5 nitrogen and oxygen atoms in total. The molecule has 1 atom stereocenters. The summed E-state index contributed by atoms with van der Waals surface area (Å²) >= 11 is 0. The van der Waals surface area contributed by atoms with Crippen LogP contribution in [0.5, 0.6) is 0 Å². The summed E-state index contributed by atoms with van der Waals surface area (Å²) in [6, 6.07) is 8.62. The van der Waals surface area contributed by atoms with Crippen molar-refractivity contribution in [2.45, 2.75) is 51.5 Å². The van der Waals surface area contributed by atoms with Crippen LogP contribution < -0.4 is 10.6 Å². The summed E-state index contributed by atoms with van der Waals surface area (Å²) < 4.78 is 5.49. The van der Waals surface area contributed by atoms with Crippen LogP contribution >= 0.6 is 0 Å². The number of hydrogen-bond donors (Lipinski definition) is 2. The molecule has 26 heavy (non-hydrogen) atoms. The highest BCUT2D eigenvalue weighted by Crippen LogP contribution is 2.24. The number of ether oxygens (including phenoxy) is 1. The van der Waals surface area contributed by atoms with Crippen molar-refractivity contribution in [2.75, 3.05) is 38.2 Å². The number of carbonyl (C=O) groups excluding carboxylic acids is 1. The summed E-state index contributed by atoms with van der Waals surface area (Å²) in [7, 11) is 0. The number of benzene rings is 1. The SMILES string of the molecule is CC(C)(C)c1ccc(NC(=O)NCC2CCN([C@H]3CCOC3)CC2)cc1. The fourth-order valence-electron chi connectivity index (χ4n) is 3.80. The van der Waals surface area contributed by atoms with Crippen LogP contribution in [0.2, 0.25) is 0 Å². The fourth-order valence-corrected chi connectivity index (χ4v) is 3.80. The highest BCUT2D eigenvalue weighted by atomic mass is 16.5. The predicted molar refractivity (Wildman–Crippen MR) is 106 cm³/mol. The lowest BCUT2D eigenvalue weighted by molar-refractivity contribution is 0.110. The molecular formula is C21H33N3O2. The van der Waals surface area contributed by atoms with E-state index in [-0.39, 0.29) is 11.4 Å². The second kappa shape index (κ2) is 8.40. The lowest BCUT2D eigenvalue weighted by atomic mass is 9.87. The van der Waals surface area contributed by atoms with Crippen LogP contribution in [0, 0.1) is 5.92 Å². The van der Waals surface area contributed by atoms with E-state index in [0.717, 1.165) is 51.4 Å². The van der Waals surface area contributed by atoms with Crippen molar-refractivity contribution in [3.05, 3.63) is 29.8 Å². The molecule has 2 N–H and O–H groups in total. The van der Waals surface area contributed by atoms with Crippen LogP contribution in [0.25, 0.3) is 0 Å². The summed E-state index contributed by atoms with van der Waals surface area (Å²) in [5, 5.41) is 5.97. The maximum Gasteiger partial charge on any atom is 0.319 e. The average Bonchev–Trinajstić information content (AvgIpc) is 3.15. The minimum atomic E-state index is -0.111. The molecule has 1 aromatic rings. The van der Waals surface area contributed by atoms with E-state index in [9.17, 15) is 4.79 Å². The van der Waals surface area contributed by atoms with Crippen LogP contribution in [0.4, 0.5) is 10.5 Å². The first-order valence-electron chi connectivity index (χ1n) is 9.89. The monoisotopic (exact) mass is 359 g/mol. The van der Waals surface area contributed by atoms with Gasteiger partial charge in [-0.2, -0.15) is 0 Å². The summed E-state index contributed by atoms with van der Waals surface area (Å²) in [6.07, 6.45) is 3.47. The molecule has 2 fully saturated rings. The Kier molecular flexibility index (Phi) is 6.20. The number of nitrogens with one attached hydrogen (secondary N) is 2. The van der Waals surface area contributed by atoms with E-state index in [1.807, 2.05) is 12.1 Å². The van der Waals surface area contributed by atoms with E-state index in [0.29, 0.717) is 12.0 Å². The Morgan fingerprint density at radius 2 is 1.85 bits per heavy atom. The molecule has 0 spiro atoms. The van der Waals surface area contributed by atoms with E-state index in [4.69, 9.17) is 4.74 Å². The van der Waals surface area contributed by atoms with Crippen molar-refractivity contribution in [1.82, 2.24) is 10.2 Å². The van der Waals surface area contributed by atoms with Gasteiger partial charge >= 0.3 is 6.03 Å². The quantitative estimate of drug-likeness (QED) is 0.863. The molecule has 2 aliphatic heterocycles. The number of nitrogens with zero attached hydrogens (tertiary/aromatic N) is 1. The topological polar surface area (TPSA) is 53.6 Å². The normalized spacial score (nSPS) is 22.3. The van der Waals surface area contributed by atoms with E-state index >= 15 is 0 Å². The third-order valence-electron chi connectivity index (χ3n) is 5.63. The van der Waals surface area contributed by atoms with Gasteiger partial charge in [-0.1, -0.05) is 32.9 Å². The molecule has 2 amide bonds. The van der Waals surface area contributed by atoms with Crippen LogP contribution in [-0.2, 0) is 10.2 Å². The van der Waals surface area contributed by atoms with E-state index in [1.165, 1.54) is 12.0 Å². The van der Waals surface area contributed by atoms with Gasteiger partial charge in [0.25, 0.3) is 0 Å². The third-order valence-corrected chi connectivity index (χ3v) is 5.63. The lowest BCUT2D eigenvalue weighted by Crippen LogP contribution is -2.44. The molecule has 2 saturated heterocycles. The maximum atomic E-state index is 12.2. The molecular weight excluding hydrogens is 326 g/mol. The number of piperidine rings is 1. The molecule has 0 radical (unpaired) electrons. The summed E-state index contributed by atoms with van der Waals surface area (Å²) in [4.78, 5) is 14.7. The zero-order valence-electron chi connectivity index (χ0n) is 16.4. The minimum absolute atomic E-state index is 0.111. The maximum absolute atomic E-state index is 12.2. The van der Waals surface area contributed by atoms with Gasteiger partial charge in [-0.25, -0.2) is 4.79 Å². The number of carbonyl (C=O) groups is 1. The average molecular weight is 360 g/mol. The Bertz CT molecular complexity index is 580. The zero-order valence-corrected chi connectivity index (χ0v) is 16.4. The smallest absolute Gasteiger partial charge is 0.319 e. The van der Waals surface area contributed by atoms with Gasteiger partial charge in [-0.3, -0.25) is 4.90 Å². The second-order valence-electron chi connectivity index (χ2n) is 8.66. The van der Waals surface area contributed by atoms with Crippen LogP contribution in [0.15, 0.2) is 24.3 Å². The molecule has 2 heterocycles. The van der Waals surface area contributed by atoms with Gasteiger partial charge < -0.3 is 15.4 Å². The van der Waals surface area contributed by atoms with E-state index in [2.05, 4.69) is 48.4 Å². The summed E-state index contributed by atoms with van der Waals surface area (Å²) in [6.45, 7) is 11.4. The largest absolute Gasteiger partial charge is 0.380 e. The first-order valence-corrected chi connectivity index (χ1v) is 9.89. The molecule has 2 aliphatic rings. The number of amides is 2. The third kappa shape index (κ3) is 5.21. The standard InChI is InChI=1S/C21H33N3O2/c1-21(2,3)17-4-6-18(7-5-17)23-20(25)22-14-16-8-11-24(12-9-16)19-10-13-26-15-19/h4-7,16,19H,8-15H2,1-3H3,(H2,22,23,25)/t19-/m0/s1. The van der Waals surface area contributed by atoms with Gasteiger partial charge in [0, 0.05) is 24.9 Å². The van der Waals surface area contributed by atoms with Crippen molar-refractivity contribution in [1.29, 1.82) is 0 Å². The Labute approximate surface area is 157 Å². The zero-order chi connectivity index (χ0) is 18.6. The Hall–Kier alpha value is -1.59. The molecule has 5 heteroatoms. The van der Waals surface area contributed by atoms with Crippen molar-refractivity contribution < 1.29 is 9.53 Å². The van der Waals surface area contributed by atoms with Crippen LogP contribution in [0.3, 0.4) is 0 Å². The van der Waals surface area contributed by atoms with Gasteiger partial charge in [-0.15, -0.1) is 0 Å². The van der Waals surface area contributed by atoms with Gasteiger partial charge in [0.15, 0.2) is 0 Å². The number of likely N-dealkylation sites (tertiary alicyclic amines) is 1. The minimum Gasteiger partial charge on any atom is -0.380 e. The second-order valence-corrected chi connectivity index (χ2v) is 8.66. The van der Waals surface area contributed by atoms with Crippen molar-refractivity contribution in [3.8, 4) is 0 Å². The van der Waals surface area contributed by atoms with Crippen LogP contribution in [0.1, 0.15) is 45.6 Å². The number of anilines is 1. The first-order chi connectivity index (χ1) is 12.4. The summed E-state index contributed by atoms with van der Waals surface area (Å²) in [5.41, 5.74) is 2.23. The summed E-state index contributed by atoms with van der Waals surface area (Å²) in [5.74, 6) is 0.572. The fraction of sp³-hybridized carbons (Fsp3) is 0.667. The lowest BCUT2D eigenvalue weighted by Gasteiger charge is -2.35. The van der Waals surface area contributed by atoms with E-state index < -0.39 is 0 Å². The highest BCUT2D eigenvalue weighted by molar-refractivity contribution is 5.89. The molecule has 1 aromatic carbocycles.